The highest BCUT2D eigenvalue weighted by Gasteiger charge is 2.76. The zero-order valence-electron chi connectivity index (χ0n) is 25.8. The molecule has 3 aliphatic rings. The monoisotopic (exact) mass is 693 g/mol. The molecule has 3 unspecified atom stereocenters. The van der Waals surface area contributed by atoms with Crippen LogP contribution in [0, 0.1) is 11.8 Å². The molecule has 6 atom stereocenters. The molecule has 3 saturated heterocycles. The number of hydrogen-bond donors (Lipinski definition) is 1. The lowest BCUT2D eigenvalue weighted by molar-refractivity contribution is -0.145. The van der Waals surface area contributed by atoms with E-state index >= 15 is 0 Å². The van der Waals surface area contributed by atoms with Gasteiger partial charge in [-0.25, -0.2) is 0 Å². The number of benzene rings is 2. The summed E-state index contributed by atoms with van der Waals surface area (Å²) in [7, 11) is 0. The van der Waals surface area contributed by atoms with Gasteiger partial charge >= 0.3 is 0 Å². The number of alkyl halides is 1. The summed E-state index contributed by atoms with van der Waals surface area (Å²) in [5.74, 6) is -1.34. The summed E-state index contributed by atoms with van der Waals surface area (Å²) < 4.78 is -0.707. The Balaban J connectivity index is 1.49. The van der Waals surface area contributed by atoms with Gasteiger partial charge in [-0.3, -0.25) is 14.4 Å². The number of carbonyl (C=O) groups excluding carboxylic acids is 3. The van der Waals surface area contributed by atoms with Crippen molar-refractivity contribution in [3.63, 3.8) is 0 Å². The van der Waals surface area contributed by atoms with Crippen LogP contribution >= 0.6 is 27.7 Å². The highest BCUT2D eigenvalue weighted by molar-refractivity contribution is 9.09. The molecule has 240 valence electrons. The molecule has 1 spiro atoms. The van der Waals surface area contributed by atoms with Crippen LogP contribution in [-0.4, -0.2) is 84.6 Å². The van der Waals surface area contributed by atoms with E-state index in [1.165, 1.54) is 0 Å². The zero-order valence-corrected chi connectivity index (χ0v) is 28.2. The maximum atomic E-state index is 14.7. The van der Waals surface area contributed by atoms with Crippen LogP contribution in [-0.2, 0) is 27.5 Å². The topological polar surface area (TPSA) is 81.2 Å². The summed E-state index contributed by atoms with van der Waals surface area (Å²) >= 11 is 5.58. The van der Waals surface area contributed by atoms with E-state index in [9.17, 15) is 19.5 Å². The van der Waals surface area contributed by atoms with Gasteiger partial charge in [0.1, 0.15) is 6.04 Å². The van der Waals surface area contributed by atoms with Crippen molar-refractivity contribution in [3.05, 3.63) is 97.1 Å². The van der Waals surface area contributed by atoms with Crippen molar-refractivity contribution in [3.8, 4) is 0 Å². The van der Waals surface area contributed by atoms with Crippen LogP contribution in [0.2, 0.25) is 0 Å². The van der Waals surface area contributed by atoms with Gasteiger partial charge in [-0.2, -0.15) is 0 Å². The minimum Gasteiger partial charge on any atom is -0.396 e. The molecule has 45 heavy (non-hydrogen) atoms. The number of unbranched alkanes of at least 4 members (excludes halogenated alkanes) is 3. The van der Waals surface area contributed by atoms with Crippen molar-refractivity contribution in [1.29, 1.82) is 0 Å². The summed E-state index contributed by atoms with van der Waals surface area (Å²) in [5, 5.41) is 9.14. The number of nitrogens with zero attached hydrogens (tertiary/aromatic N) is 3. The fourth-order valence-electron chi connectivity index (χ4n) is 7.45. The van der Waals surface area contributed by atoms with Crippen LogP contribution in [0.25, 0.3) is 0 Å². The summed E-state index contributed by atoms with van der Waals surface area (Å²) in [4.78, 5) is 49.2. The van der Waals surface area contributed by atoms with Gasteiger partial charge in [-0.1, -0.05) is 102 Å². The molecule has 3 heterocycles. The van der Waals surface area contributed by atoms with Gasteiger partial charge in [-0.05, 0) is 30.4 Å². The van der Waals surface area contributed by atoms with E-state index in [1.807, 2.05) is 70.5 Å². The van der Waals surface area contributed by atoms with E-state index in [0.717, 1.165) is 30.4 Å². The summed E-state index contributed by atoms with van der Waals surface area (Å²) in [6.45, 7) is 10.0. The zero-order chi connectivity index (χ0) is 32.0. The van der Waals surface area contributed by atoms with E-state index < -0.39 is 22.6 Å². The van der Waals surface area contributed by atoms with Crippen LogP contribution < -0.4 is 0 Å². The molecule has 3 fully saturated rings. The van der Waals surface area contributed by atoms with E-state index in [1.54, 1.807) is 28.8 Å². The average Bonchev–Trinajstić information content (AvgIpc) is 3.64. The van der Waals surface area contributed by atoms with Crippen molar-refractivity contribution < 1.29 is 19.5 Å². The Morgan fingerprint density at radius 3 is 2.02 bits per heavy atom. The van der Waals surface area contributed by atoms with Gasteiger partial charge < -0.3 is 19.8 Å². The van der Waals surface area contributed by atoms with Gasteiger partial charge in [0.25, 0.3) is 0 Å². The predicted molar refractivity (Wildman–Crippen MR) is 184 cm³/mol. The largest absolute Gasteiger partial charge is 0.396 e. The maximum Gasteiger partial charge on any atom is 0.247 e. The first-order valence-electron chi connectivity index (χ1n) is 16.0. The summed E-state index contributed by atoms with van der Waals surface area (Å²) in [6.07, 6.45) is 7.29. The average molecular weight is 695 g/mol. The Bertz CT molecular complexity index is 1360. The molecule has 5 rings (SSSR count). The van der Waals surface area contributed by atoms with Gasteiger partial charge in [0, 0.05) is 49.4 Å². The quantitative estimate of drug-likeness (QED) is 0.144. The minimum atomic E-state index is -0.707. The Labute approximate surface area is 279 Å². The third kappa shape index (κ3) is 6.81. The molecule has 0 saturated carbocycles. The molecular weight excluding hydrogens is 650 g/mol. The molecule has 9 heteroatoms. The number of carbonyl (C=O) groups is 3. The molecule has 2 bridgehead atoms. The number of hydrogen-bond acceptors (Lipinski definition) is 5. The Hall–Kier alpha value is -2.88. The van der Waals surface area contributed by atoms with Crippen LogP contribution in [0.1, 0.15) is 43.2 Å². The molecule has 3 amide bonds. The highest BCUT2D eigenvalue weighted by atomic mass is 79.9. The van der Waals surface area contributed by atoms with Crippen LogP contribution in [0.5, 0.6) is 0 Å². The third-order valence-electron chi connectivity index (χ3n) is 9.37. The van der Waals surface area contributed by atoms with E-state index in [2.05, 4.69) is 29.1 Å². The van der Waals surface area contributed by atoms with Crippen LogP contribution in [0.4, 0.5) is 0 Å². The fourth-order valence-corrected chi connectivity index (χ4v) is 11.0. The van der Waals surface area contributed by atoms with Crippen molar-refractivity contribution in [1.82, 2.24) is 14.7 Å². The Morgan fingerprint density at radius 2 is 1.47 bits per heavy atom. The SMILES string of the molecule is C=CCN(Cc1ccccc1)C(=O)C1N(CCCCCCO)C(=O)[C@@H]2[C@@H](C(=O)N(CC=C)Cc3ccccc3)[C@@H]3SC12CC3Br. The molecule has 3 aliphatic heterocycles. The lowest BCUT2D eigenvalue weighted by Crippen LogP contribution is -2.55. The number of likely N-dealkylation sites (tertiary alicyclic amines) is 1. The minimum absolute atomic E-state index is 0.00425. The number of thioether (sulfide) groups is 1. The van der Waals surface area contributed by atoms with E-state index in [4.69, 9.17) is 0 Å². The molecular formula is C36H44BrN3O4S. The van der Waals surface area contributed by atoms with Crippen molar-refractivity contribution in [2.24, 2.45) is 11.8 Å². The molecule has 0 aromatic heterocycles. The number of halogens is 1. The lowest BCUT2D eigenvalue weighted by atomic mass is 9.70. The van der Waals surface area contributed by atoms with Crippen molar-refractivity contribution >= 4 is 45.4 Å². The molecule has 2 aromatic rings. The smallest absolute Gasteiger partial charge is 0.247 e. The number of aliphatic hydroxyl groups is 1. The molecule has 1 N–H and O–H groups in total. The second-order valence-corrected chi connectivity index (χ2v) is 15.0. The third-order valence-corrected chi connectivity index (χ3v) is 12.6. The van der Waals surface area contributed by atoms with Gasteiger partial charge in [-0.15, -0.1) is 24.9 Å². The molecule has 2 aromatic carbocycles. The maximum absolute atomic E-state index is 14.7. The molecule has 7 nitrogen and oxygen atoms in total. The number of rotatable bonds is 16. The molecule has 0 aliphatic carbocycles. The summed E-state index contributed by atoms with van der Waals surface area (Å²) in [5.41, 5.74) is 2.03. The highest BCUT2D eigenvalue weighted by Crippen LogP contribution is 2.68. The Kier molecular flexibility index (Phi) is 11.3. The summed E-state index contributed by atoms with van der Waals surface area (Å²) in [6, 6.07) is 19.1. The molecule has 0 radical (unpaired) electrons. The van der Waals surface area contributed by atoms with Gasteiger partial charge in [0.05, 0.1) is 16.6 Å². The standard InChI is InChI=1S/C36H44BrN3O4S/c1-3-19-38(24-26-15-9-7-10-16-26)33(42)29-30-34(43)40(21-13-5-6-14-22-41)32(36(30)23-28(37)31(29)45-36)35(44)39(20-4-2)25-27-17-11-8-12-18-27/h3-4,7-12,15-18,28-32,41H,1-2,5-6,13-14,19-25H2/t28?,29-,30+,31-,32?,36?/m1/s1. The van der Waals surface area contributed by atoms with Crippen LogP contribution in [0.15, 0.2) is 86.0 Å². The first-order chi connectivity index (χ1) is 21.9. The fraction of sp³-hybridized carbons (Fsp3) is 0.472. The normalized spacial score (nSPS) is 26.5. The first-order valence-corrected chi connectivity index (χ1v) is 17.8. The Morgan fingerprint density at radius 1 is 0.911 bits per heavy atom. The number of aliphatic hydroxyl groups excluding tert-OH is 1. The van der Waals surface area contributed by atoms with Gasteiger partial charge in [0.15, 0.2) is 0 Å². The van der Waals surface area contributed by atoms with Gasteiger partial charge in [0.2, 0.25) is 17.7 Å². The van der Waals surface area contributed by atoms with Crippen LogP contribution in [0.3, 0.4) is 0 Å². The second kappa shape index (κ2) is 15.1. The van der Waals surface area contributed by atoms with Crippen molar-refractivity contribution in [2.75, 3.05) is 26.2 Å². The second-order valence-electron chi connectivity index (χ2n) is 12.3. The number of fused-ring (bicyclic) bond motifs is 1. The van der Waals surface area contributed by atoms with E-state index in [0.29, 0.717) is 45.6 Å². The predicted octanol–water partition coefficient (Wildman–Crippen LogP) is 5.43. The van der Waals surface area contributed by atoms with Crippen molar-refractivity contribution in [2.45, 2.75) is 66.1 Å². The number of amides is 3. The lowest BCUT2D eigenvalue weighted by Gasteiger charge is -2.38. The first kappa shape index (κ1) is 33.5. The van der Waals surface area contributed by atoms with E-state index in [-0.39, 0.29) is 34.4 Å².